The van der Waals surface area contributed by atoms with Crippen LogP contribution in [0.3, 0.4) is 0 Å². The van der Waals surface area contributed by atoms with E-state index in [1.807, 2.05) is 31.2 Å². The lowest BCUT2D eigenvalue weighted by atomic mass is 10.0. The first-order valence-corrected chi connectivity index (χ1v) is 7.58. The lowest BCUT2D eigenvalue weighted by Gasteiger charge is -2.16. The molecule has 0 aliphatic heterocycles. The summed E-state index contributed by atoms with van der Waals surface area (Å²) in [6.07, 6.45) is 0. The molecule has 1 heterocycles. The Labute approximate surface area is 138 Å². The van der Waals surface area contributed by atoms with E-state index >= 15 is 0 Å². The normalized spacial score (nSPS) is 12.2. The number of fused-ring (bicyclic) bond motifs is 1. The molecule has 0 spiro atoms. The fourth-order valence-electron chi connectivity index (χ4n) is 2.64. The molecule has 3 aromatic rings. The number of pyridine rings is 1. The van der Waals surface area contributed by atoms with E-state index in [2.05, 4.69) is 10.3 Å². The van der Waals surface area contributed by atoms with Crippen LogP contribution in [0.25, 0.3) is 10.9 Å². The Bertz CT molecular complexity index is 924. The number of aryl methyl sites for hydroxylation is 1. The molecule has 3 nitrogen and oxygen atoms in total. The van der Waals surface area contributed by atoms with Gasteiger partial charge in [0, 0.05) is 11.1 Å². The first kappa shape index (κ1) is 16.1. The number of hydrogen-bond acceptors (Lipinski definition) is 2. The number of nitrogens with one attached hydrogen (secondary N) is 1. The summed E-state index contributed by atoms with van der Waals surface area (Å²) in [5.41, 5.74) is 2.48. The predicted molar refractivity (Wildman–Crippen MR) is 88.7 cm³/mol. The zero-order valence-electron chi connectivity index (χ0n) is 13.3. The van der Waals surface area contributed by atoms with Gasteiger partial charge in [-0.1, -0.05) is 24.3 Å². The summed E-state index contributed by atoms with van der Waals surface area (Å²) in [5.74, 6) is -2.12. The van der Waals surface area contributed by atoms with E-state index < -0.39 is 17.7 Å². The highest BCUT2D eigenvalue weighted by atomic mass is 19.2. The van der Waals surface area contributed by atoms with Gasteiger partial charge in [0.1, 0.15) is 0 Å². The van der Waals surface area contributed by atoms with E-state index in [4.69, 9.17) is 0 Å². The van der Waals surface area contributed by atoms with Gasteiger partial charge in [0.2, 0.25) is 0 Å². The molecule has 0 aliphatic carbocycles. The van der Waals surface area contributed by atoms with Gasteiger partial charge in [-0.2, -0.15) is 0 Å². The number of amides is 1. The number of aromatic nitrogens is 1. The van der Waals surface area contributed by atoms with Gasteiger partial charge in [0.25, 0.3) is 5.91 Å². The Morgan fingerprint density at radius 1 is 1.08 bits per heavy atom. The SMILES string of the molecule is Cc1cc(C(=O)NC(C)c2ccc(F)c(F)c2)c2ccccc2n1. The van der Waals surface area contributed by atoms with Gasteiger partial charge in [-0.3, -0.25) is 9.78 Å². The van der Waals surface area contributed by atoms with Crippen molar-refractivity contribution in [1.82, 2.24) is 10.3 Å². The maximum Gasteiger partial charge on any atom is 0.252 e. The molecule has 0 saturated carbocycles. The number of carbonyl (C=O) groups excluding carboxylic acids is 1. The van der Waals surface area contributed by atoms with Crippen molar-refractivity contribution in [2.75, 3.05) is 0 Å². The number of benzene rings is 2. The van der Waals surface area contributed by atoms with E-state index in [9.17, 15) is 13.6 Å². The Morgan fingerprint density at radius 2 is 1.83 bits per heavy atom. The number of halogens is 2. The van der Waals surface area contributed by atoms with Gasteiger partial charge in [-0.25, -0.2) is 8.78 Å². The highest BCUT2D eigenvalue weighted by Crippen LogP contribution is 2.20. The maximum atomic E-state index is 13.4. The lowest BCUT2D eigenvalue weighted by Crippen LogP contribution is -2.27. The van der Waals surface area contributed by atoms with Crippen molar-refractivity contribution >= 4 is 16.8 Å². The predicted octanol–water partition coefficient (Wildman–Crippen LogP) is 4.31. The molecule has 1 unspecified atom stereocenters. The van der Waals surface area contributed by atoms with Gasteiger partial charge < -0.3 is 5.32 Å². The van der Waals surface area contributed by atoms with Crippen molar-refractivity contribution in [3.8, 4) is 0 Å². The maximum absolute atomic E-state index is 13.4. The summed E-state index contributed by atoms with van der Waals surface area (Å²) in [6, 6.07) is 12.2. The monoisotopic (exact) mass is 326 g/mol. The molecule has 0 fully saturated rings. The molecule has 122 valence electrons. The van der Waals surface area contributed by atoms with Crippen LogP contribution in [0.15, 0.2) is 48.5 Å². The molecule has 0 radical (unpaired) electrons. The molecule has 0 bridgehead atoms. The van der Waals surface area contributed by atoms with Crippen LogP contribution >= 0.6 is 0 Å². The molecule has 2 aromatic carbocycles. The van der Waals surface area contributed by atoms with E-state index in [-0.39, 0.29) is 5.91 Å². The van der Waals surface area contributed by atoms with Gasteiger partial charge in [-0.15, -0.1) is 0 Å². The second kappa shape index (κ2) is 6.35. The molecular formula is C19H16F2N2O. The van der Waals surface area contributed by atoms with Crippen molar-refractivity contribution in [2.45, 2.75) is 19.9 Å². The third-order valence-electron chi connectivity index (χ3n) is 3.88. The topological polar surface area (TPSA) is 42.0 Å². The number of hydrogen-bond donors (Lipinski definition) is 1. The minimum absolute atomic E-state index is 0.283. The van der Waals surface area contributed by atoms with Crippen LogP contribution in [0, 0.1) is 18.6 Å². The van der Waals surface area contributed by atoms with Crippen LogP contribution in [0.1, 0.15) is 34.6 Å². The molecule has 1 atom stereocenters. The van der Waals surface area contributed by atoms with E-state index in [0.29, 0.717) is 11.1 Å². The molecule has 24 heavy (non-hydrogen) atoms. The summed E-state index contributed by atoms with van der Waals surface area (Å²) >= 11 is 0. The molecular weight excluding hydrogens is 310 g/mol. The largest absolute Gasteiger partial charge is 0.345 e. The summed E-state index contributed by atoms with van der Waals surface area (Å²) < 4.78 is 26.4. The number of para-hydroxylation sites is 1. The number of nitrogens with zero attached hydrogens (tertiary/aromatic N) is 1. The second-order valence-electron chi connectivity index (χ2n) is 5.70. The third-order valence-corrected chi connectivity index (χ3v) is 3.88. The Morgan fingerprint density at radius 3 is 2.58 bits per heavy atom. The quantitative estimate of drug-likeness (QED) is 0.779. The Hall–Kier alpha value is -2.82. The van der Waals surface area contributed by atoms with Crippen molar-refractivity contribution in [2.24, 2.45) is 0 Å². The van der Waals surface area contributed by atoms with Crippen LogP contribution < -0.4 is 5.32 Å². The van der Waals surface area contributed by atoms with Crippen molar-refractivity contribution in [3.63, 3.8) is 0 Å². The van der Waals surface area contributed by atoms with E-state index in [0.717, 1.165) is 28.7 Å². The van der Waals surface area contributed by atoms with Crippen molar-refractivity contribution in [3.05, 3.63) is 77.0 Å². The summed E-state index contributed by atoms with van der Waals surface area (Å²) in [4.78, 5) is 17.0. The first-order chi connectivity index (χ1) is 11.5. The van der Waals surface area contributed by atoms with E-state index in [1.165, 1.54) is 6.07 Å². The average molecular weight is 326 g/mol. The number of rotatable bonds is 3. The minimum atomic E-state index is -0.932. The highest BCUT2D eigenvalue weighted by molar-refractivity contribution is 6.06. The molecule has 5 heteroatoms. The summed E-state index contributed by atoms with van der Waals surface area (Å²) in [7, 11) is 0. The lowest BCUT2D eigenvalue weighted by molar-refractivity contribution is 0.0941. The fraction of sp³-hybridized carbons (Fsp3) is 0.158. The molecule has 0 saturated heterocycles. The summed E-state index contributed by atoms with van der Waals surface area (Å²) in [6.45, 7) is 3.54. The van der Waals surface area contributed by atoms with Gasteiger partial charge in [-0.05, 0) is 43.7 Å². The average Bonchev–Trinajstić information content (AvgIpc) is 2.56. The smallest absolute Gasteiger partial charge is 0.252 e. The first-order valence-electron chi connectivity index (χ1n) is 7.58. The van der Waals surface area contributed by atoms with Crippen LogP contribution in [-0.2, 0) is 0 Å². The minimum Gasteiger partial charge on any atom is -0.345 e. The molecule has 0 aliphatic rings. The Kier molecular flexibility index (Phi) is 4.25. The third kappa shape index (κ3) is 3.11. The molecule has 3 rings (SSSR count). The van der Waals surface area contributed by atoms with Crippen molar-refractivity contribution in [1.29, 1.82) is 0 Å². The fourth-order valence-corrected chi connectivity index (χ4v) is 2.64. The van der Waals surface area contributed by atoms with Crippen LogP contribution in [-0.4, -0.2) is 10.9 Å². The zero-order chi connectivity index (χ0) is 17.3. The molecule has 1 amide bonds. The Balaban J connectivity index is 1.91. The van der Waals surface area contributed by atoms with E-state index in [1.54, 1.807) is 13.0 Å². The second-order valence-corrected chi connectivity index (χ2v) is 5.70. The van der Waals surface area contributed by atoms with Crippen LogP contribution in [0.2, 0.25) is 0 Å². The highest BCUT2D eigenvalue weighted by Gasteiger charge is 2.16. The summed E-state index contributed by atoms with van der Waals surface area (Å²) in [5, 5.41) is 3.57. The molecule has 1 N–H and O–H groups in total. The zero-order valence-corrected chi connectivity index (χ0v) is 13.3. The van der Waals surface area contributed by atoms with Gasteiger partial charge >= 0.3 is 0 Å². The van der Waals surface area contributed by atoms with Gasteiger partial charge in [0.15, 0.2) is 11.6 Å². The van der Waals surface area contributed by atoms with Crippen LogP contribution in [0.4, 0.5) is 8.78 Å². The number of carbonyl (C=O) groups is 1. The van der Waals surface area contributed by atoms with Gasteiger partial charge in [0.05, 0.1) is 17.1 Å². The van der Waals surface area contributed by atoms with Crippen molar-refractivity contribution < 1.29 is 13.6 Å². The molecule has 1 aromatic heterocycles. The van der Waals surface area contributed by atoms with Crippen LogP contribution in [0.5, 0.6) is 0 Å². The standard InChI is InChI=1S/C19H16F2N2O/c1-11-9-15(14-5-3-4-6-18(14)22-11)19(24)23-12(2)13-7-8-16(20)17(21)10-13/h3-10,12H,1-2H3,(H,23,24).